The van der Waals surface area contributed by atoms with Gasteiger partial charge >= 0.3 is 0 Å². The molecule has 2 bridgehead atoms. The smallest absolute Gasteiger partial charge is 0.176 e. The molecule has 3 aromatic heterocycles. The number of aliphatic hydroxyl groups excluding tert-OH is 1. The molecule has 9 heteroatoms. The van der Waals surface area contributed by atoms with Crippen LogP contribution in [0.2, 0.25) is 0 Å². The highest BCUT2D eigenvalue weighted by atomic mass is 19.1. The predicted octanol–water partition coefficient (Wildman–Crippen LogP) is 4.09. The molecule has 7 nitrogen and oxygen atoms in total. The first kappa shape index (κ1) is 21.0. The van der Waals surface area contributed by atoms with Crippen LogP contribution in [-0.4, -0.2) is 35.1 Å². The van der Waals surface area contributed by atoms with Crippen molar-refractivity contribution in [2.75, 3.05) is 0 Å². The van der Waals surface area contributed by atoms with Crippen LogP contribution in [-0.2, 0) is 12.0 Å². The lowest BCUT2D eigenvalue weighted by Gasteiger charge is -2.37. The SMILES string of the molecule is CC1(C)[C@H]2CC[C@@]1(c1cccc(-n3cnc(CO)n3)n1)c1nnc(-c3c(F)cccc3F)cc12. The highest BCUT2D eigenvalue weighted by Crippen LogP contribution is 2.69. The molecule has 0 unspecified atom stereocenters. The van der Waals surface area contributed by atoms with Crippen LogP contribution in [0.15, 0.2) is 48.8 Å². The summed E-state index contributed by atoms with van der Waals surface area (Å²) in [6.45, 7) is 4.14. The molecule has 2 aliphatic rings. The molecule has 6 rings (SSSR count). The van der Waals surface area contributed by atoms with Crippen molar-refractivity contribution in [3.63, 3.8) is 0 Å². The average Bonchev–Trinajstić information content (AvgIpc) is 3.47. The van der Waals surface area contributed by atoms with Gasteiger partial charge in [0.2, 0.25) is 0 Å². The summed E-state index contributed by atoms with van der Waals surface area (Å²) in [5.74, 6) is -0.252. The summed E-state index contributed by atoms with van der Waals surface area (Å²) in [6.07, 6.45) is 3.28. The molecule has 2 aliphatic carbocycles. The average molecular weight is 460 g/mol. The summed E-state index contributed by atoms with van der Waals surface area (Å²) in [6, 6.07) is 11.3. The number of nitrogens with zero attached hydrogens (tertiary/aromatic N) is 6. The maximum Gasteiger partial charge on any atom is 0.176 e. The van der Waals surface area contributed by atoms with Crippen molar-refractivity contribution in [1.82, 2.24) is 29.9 Å². The largest absolute Gasteiger partial charge is 0.388 e. The van der Waals surface area contributed by atoms with Crippen LogP contribution >= 0.6 is 0 Å². The summed E-state index contributed by atoms with van der Waals surface area (Å²) >= 11 is 0. The van der Waals surface area contributed by atoms with Crippen LogP contribution < -0.4 is 0 Å². The Balaban J connectivity index is 1.51. The number of rotatable bonds is 4. The highest BCUT2D eigenvalue weighted by Gasteiger charge is 2.65. The van der Waals surface area contributed by atoms with Crippen molar-refractivity contribution in [2.24, 2.45) is 5.41 Å². The lowest BCUT2D eigenvalue weighted by molar-refractivity contribution is 0.242. The van der Waals surface area contributed by atoms with Crippen molar-refractivity contribution in [3.8, 4) is 17.1 Å². The Morgan fingerprint density at radius 2 is 1.85 bits per heavy atom. The van der Waals surface area contributed by atoms with Gasteiger partial charge in [0.1, 0.15) is 24.6 Å². The zero-order valence-corrected chi connectivity index (χ0v) is 18.7. The Labute approximate surface area is 194 Å². The zero-order chi connectivity index (χ0) is 23.7. The van der Waals surface area contributed by atoms with E-state index in [1.165, 1.54) is 29.2 Å². The minimum Gasteiger partial charge on any atom is -0.388 e. The Bertz CT molecular complexity index is 1410. The summed E-state index contributed by atoms with van der Waals surface area (Å²) < 4.78 is 30.4. The van der Waals surface area contributed by atoms with Gasteiger partial charge in [0, 0.05) is 0 Å². The molecular weight excluding hydrogens is 438 g/mol. The second-order valence-electron chi connectivity index (χ2n) is 9.49. The molecule has 3 heterocycles. The van der Waals surface area contributed by atoms with Gasteiger partial charge in [-0.2, -0.15) is 5.10 Å². The number of aliphatic hydroxyl groups is 1. The molecule has 0 aliphatic heterocycles. The maximum absolute atomic E-state index is 14.5. The van der Waals surface area contributed by atoms with Crippen molar-refractivity contribution in [3.05, 3.63) is 83.2 Å². The van der Waals surface area contributed by atoms with Crippen molar-refractivity contribution >= 4 is 0 Å². The molecule has 0 saturated heterocycles. The van der Waals surface area contributed by atoms with Crippen molar-refractivity contribution < 1.29 is 13.9 Å². The predicted molar refractivity (Wildman–Crippen MR) is 119 cm³/mol. The van der Waals surface area contributed by atoms with Gasteiger partial charge < -0.3 is 5.11 Å². The molecule has 1 fully saturated rings. The number of pyridine rings is 1. The van der Waals surface area contributed by atoms with Crippen LogP contribution in [0.4, 0.5) is 8.78 Å². The Morgan fingerprint density at radius 1 is 1.09 bits per heavy atom. The fourth-order valence-corrected chi connectivity index (χ4v) is 6.03. The monoisotopic (exact) mass is 460 g/mol. The van der Waals surface area contributed by atoms with Gasteiger partial charge in [0.05, 0.1) is 28.1 Å². The normalized spacial score (nSPS) is 22.2. The molecule has 1 aromatic carbocycles. The lowest BCUT2D eigenvalue weighted by atomic mass is 9.66. The number of hydrogen-bond acceptors (Lipinski definition) is 6. The summed E-state index contributed by atoms with van der Waals surface area (Å²) in [5.41, 5.74) is 1.94. The van der Waals surface area contributed by atoms with Crippen LogP contribution in [0.5, 0.6) is 0 Å². The van der Waals surface area contributed by atoms with E-state index in [4.69, 9.17) is 4.98 Å². The van der Waals surface area contributed by atoms with E-state index in [9.17, 15) is 13.9 Å². The minimum atomic E-state index is -0.657. The number of aromatic nitrogens is 6. The molecule has 1 N–H and O–H groups in total. The Hall–Kier alpha value is -3.59. The lowest BCUT2D eigenvalue weighted by Crippen LogP contribution is -2.38. The van der Waals surface area contributed by atoms with E-state index < -0.39 is 17.0 Å². The third kappa shape index (κ3) is 2.67. The summed E-state index contributed by atoms with van der Waals surface area (Å²) in [5, 5.41) is 22.4. The van der Waals surface area contributed by atoms with E-state index in [1.807, 2.05) is 18.2 Å². The first-order valence-electron chi connectivity index (χ1n) is 11.2. The number of fused-ring (bicyclic) bond motifs is 5. The van der Waals surface area contributed by atoms with Crippen LogP contribution in [0.1, 0.15) is 55.4 Å². The topological polar surface area (TPSA) is 89.6 Å². The van der Waals surface area contributed by atoms with Crippen molar-refractivity contribution in [1.29, 1.82) is 0 Å². The molecule has 0 spiro atoms. The number of hydrogen-bond donors (Lipinski definition) is 1. The van der Waals surface area contributed by atoms with Gasteiger partial charge in [0.25, 0.3) is 0 Å². The van der Waals surface area contributed by atoms with E-state index in [1.54, 1.807) is 6.07 Å². The molecule has 2 atom stereocenters. The molecule has 172 valence electrons. The Morgan fingerprint density at radius 3 is 2.59 bits per heavy atom. The van der Waals surface area contributed by atoms with E-state index in [0.717, 1.165) is 29.8 Å². The minimum absolute atomic E-state index is 0.154. The Kier molecular flexibility index (Phi) is 4.44. The van der Waals surface area contributed by atoms with Gasteiger partial charge in [-0.05, 0) is 60.1 Å². The van der Waals surface area contributed by atoms with Gasteiger partial charge in [0.15, 0.2) is 11.6 Å². The highest BCUT2D eigenvalue weighted by molar-refractivity contribution is 5.64. The van der Waals surface area contributed by atoms with Crippen LogP contribution in [0, 0.1) is 17.0 Å². The third-order valence-corrected chi connectivity index (χ3v) is 7.69. The fourth-order valence-electron chi connectivity index (χ4n) is 6.03. The molecule has 0 amide bonds. The standard InChI is InChI=1S/C25H22F2N6O/c1-24(2)15-9-10-25(24,19-7-4-8-21(29-19)33-13-28-20(12-34)32-33)23-14(15)11-18(30-31-23)22-16(26)5-3-6-17(22)27/h3-8,11,13,15,34H,9-10,12H2,1-2H3/t15-,25+/m0/s1. The van der Waals surface area contributed by atoms with Gasteiger partial charge in [-0.3, -0.25) is 0 Å². The molecule has 0 radical (unpaired) electrons. The maximum atomic E-state index is 14.5. The van der Waals surface area contributed by atoms with Crippen LogP contribution in [0.25, 0.3) is 17.1 Å². The first-order valence-corrected chi connectivity index (χ1v) is 11.2. The second-order valence-corrected chi connectivity index (χ2v) is 9.49. The fraction of sp³-hybridized carbons (Fsp3) is 0.320. The third-order valence-electron chi connectivity index (χ3n) is 7.69. The summed E-state index contributed by atoms with van der Waals surface area (Å²) in [4.78, 5) is 9.02. The molecule has 34 heavy (non-hydrogen) atoms. The van der Waals surface area contributed by atoms with E-state index in [0.29, 0.717) is 11.6 Å². The van der Waals surface area contributed by atoms with E-state index in [-0.39, 0.29) is 29.2 Å². The van der Waals surface area contributed by atoms with Gasteiger partial charge in [-0.1, -0.05) is 26.0 Å². The number of benzene rings is 1. The quantitative estimate of drug-likeness (QED) is 0.493. The van der Waals surface area contributed by atoms with E-state index >= 15 is 0 Å². The van der Waals surface area contributed by atoms with Crippen molar-refractivity contribution in [2.45, 2.75) is 44.6 Å². The molecule has 4 aromatic rings. The molecular formula is C25H22F2N6O. The first-order chi connectivity index (χ1) is 16.4. The van der Waals surface area contributed by atoms with E-state index in [2.05, 4.69) is 34.1 Å². The zero-order valence-electron chi connectivity index (χ0n) is 18.7. The van der Waals surface area contributed by atoms with Gasteiger partial charge in [-0.15, -0.1) is 10.2 Å². The second kappa shape index (κ2) is 7.20. The van der Waals surface area contributed by atoms with Crippen LogP contribution in [0.3, 0.4) is 0 Å². The molecule has 1 saturated carbocycles. The summed E-state index contributed by atoms with van der Waals surface area (Å²) in [7, 11) is 0. The number of halogens is 2. The van der Waals surface area contributed by atoms with Gasteiger partial charge in [-0.25, -0.2) is 23.4 Å².